The SMILES string of the molecule is CCc1cccc(C)c1NC(=O)NCCCN1C(=O)c2ccc(Br)cc2C1=O. The van der Waals surface area contributed by atoms with E-state index in [0.717, 1.165) is 27.7 Å². The fourth-order valence-corrected chi connectivity index (χ4v) is 3.63. The van der Waals surface area contributed by atoms with E-state index in [-0.39, 0.29) is 24.4 Å². The molecule has 28 heavy (non-hydrogen) atoms. The van der Waals surface area contributed by atoms with Crippen LogP contribution >= 0.6 is 15.9 Å². The van der Waals surface area contributed by atoms with Gasteiger partial charge in [-0.25, -0.2) is 4.79 Å². The van der Waals surface area contributed by atoms with E-state index in [0.29, 0.717) is 24.1 Å². The highest BCUT2D eigenvalue weighted by Gasteiger charge is 2.34. The minimum Gasteiger partial charge on any atom is -0.338 e. The van der Waals surface area contributed by atoms with Gasteiger partial charge in [0, 0.05) is 23.2 Å². The third kappa shape index (κ3) is 4.09. The molecule has 0 radical (unpaired) electrons. The molecule has 1 aliphatic rings. The van der Waals surface area contributed by atoms with Crippen molar-refractivity contribution in [2.75, 3.05) is 18.4 Å². The molecule has 2 aromatic rings. The van der Waals surface area contributed by atoms with Crippen LogP contribution in [0.3, 0.4) is 0 Å². The maximum absolute atomic E-state index is 12.4. The molecule has 4 amide bonds. The largest absolute Gasteiger partial charge is 0.338 e. The Balaban J connectivity index is 1.51. The Morgan fingerprint density at radius 2 is 1.86 bits per heavy atom. The predicted molar refractivity (Wildman–Crippen MR) is 112 cm³/mol. The first kappa shape index (κ1) is 20.1. The van der Waals surface area contributed by atoms with Gasteiger partial charge in [-0.15, -0.1) is 0 Å². The third-order valence-electron chi connectivity index (χ3n) is 4.76. The molecule has 2 N–H and O–H groups in total. The molecule has 0 aromatic heterocycles. The molecular weight excluding hydrogens is 422 g/mol. The number of amides is 4. The van der Waals surface area contributed by atoms with Crippen molar-refractivity contribution in [2.24, 2.45) is 0 Å². The smallest absolute Gasteiger partial charge is 0.319 e. The van der Waals surface area contributed by atoms with Crippen LogP contribution in [0.2, 0.25) is 0 Å². The molecule has 0 saturated carbocycles. The first-order valence-electron chi connectivity index (χ1n) is 9.21. The molecule has 1 heterocycles. The zero-order chi connectivity index (χ0) is 20.3. The normalized spacial score (nSPS) is 12.9. The maximum atomic E-state index is 12.4. The van der Waals surface area contributed by atoms with E-state index in [1.807, 2.05) is 32.0 Å². The molecule has 3 rings (SSSR count). The topological polar surface area (TPSA) is 78.5 Å². The lowest BCUT2D eigenvalue weighted by atomic mass is 10.1. The molecule has 0 saturated heterocycles. The van der Waals surface area contributed by atoms with Gasteiger partial charge in [-0.3, -0.25) is 14.5 Å². The number of para-hydroxylation sites is 1. The summed E-state index contributed by atoms with van der Waals surface area (Å²) in [5.41, 5.74) is 3.75. The lowest BCUT2D eigenvalue weighted by Crippen LogP contribution is -2.35. The second kappa shape index (κ2) is 8.56. The summed E-state index contributed by atoms with van der Waals surface area (Å²) < 4.78 is 0.759. The summed E-state index contributed by atoms with van der Waals surface area (Å²) in [6, 6.07) is 10.7. The molecule has 0 fully saturated rings. The predicted octanol–water partition coefficient (Wildman–Crippen LogP) is 4.13. The number of carbonyl (C=O) groups excluding carboxylic acids is 3. The number of carbonyl (C=O) groups is 3. The van der Waals surface area contributed by atoms with Gasteiger partial charge in [-0.1, -0.05) is 41.1 Å². The highest BCUT2D eigenvalue weighted by molar-refractivity contribution is 9.10. The molecule has 146 valence electrons. The summed E-state index contributed by atoms with van der Waals surface area (Å²) in [4.78, 5) is 38.2. The number of hydrogen-bond donors (Lipinski definition) is 2. The van der Waals surface area contributed by atoms with Crippen LogP contribution in [0.25, 0.3) is 0 Å². The van der Waals surface area contributed by atoms with Gasteiger partial charge in [0.05, 0.1) is 11.1 Å². The summed E-state index contributed by atoms with van der Waals surface area (Å²) in [6.07, 6.45) is 1.31. The number of imide groups is 1. The van der Waals surface area contributed by atoms with Gasteiger partial charge in [0.2, 0.25) is 0 Å². The van der Waals surface area contributed by atoms with Crippen molar-refractivity contribution in [3.8, 4) is 0 Å². The number of aryl methyl sites for hydroxylation is 2. The number of fused-ring (bicyclic) bond motifs is 1. The van der Waals surface area contributed by atoms with Crippen LogP contribution in [-0.4, -0.2) is 35.8 Å². The van der Waals surface area contributed by atoms with Gasteiger partial charge in [0.15, 0.2) is 0 Å². The van der Waals surface area contributed by atoms with Gasteiger partial charge < -0.3 is 10.6 Å². The van der Waals surface area contributed by atoms with Crippen LogP contribution in [0.5, 0.6) is 0 Å². The van der Waals surface area contributed by atoms with Crippen molar-refractivity contribution in [3.05, 3.63) is 63.1 Å². The van der Waals surface area contributed by atoms with E-state index >= 15 is 0 Å². The number of halogens is 1. The summed E-state index contributed by atoms with van der Waals surface area (Å²) in [6.45, 7) is 4.61. The minimum absolute atomic E-state index is 0.259. The monoisotopic (exact) mass is 443 g/mol. The van der Waals surface area contributed by atoms with E-state index in [1.54, 1.807) is 18.2 Å². The lowest BCUT2D eigenvalue weighted by molar-refractivity contribution is 0.0653. The Kier molecular flexibility index (Phi) is 6.14. The zero-order valence-corrected chi connectivity index (χ0v) is 17.4. The Hall–Kier alpha value is -2.67. The lowest BCUT2D eigenvalue weighted by Gasteiger charge is -2.15. The van der Waals surface area contributed by atoms with E-state index in [1.165, 1.54) is 4.90 Å². The average Bonchev–Trinajstić information content (AvgIpc) is 2.90. The second-order valence-corrected chi connectivity index (χ2v) is 7.56. The highest BCUT2D eigenvalue weighted by Crippen LogP contribution is 2.26. The van der Waals surface area contributed by atoms with E-state index in [2.05, 4.69) is 26.6 Å². The molecule has 6 nitrogen and oxygen atoms in total. The fraction of sp³-hybridized carbons (Fsp3) is 0.286. The van der Waals surface area contributed by atoms with Crippen molar-refractivity contribution in [3.63, 3.8) is 0 Å². The number of nitrogens with zero attached hydrogens (tertiary/aromatic N) is 1. The second-order valence-electron chi connectivity index (χ2n) is 6.65. The molecule has 0 unspecified atom stereocenters. The molecular formula is C21H22BrN3O3. The Bertz CT molecular complexity index is 942. The van der Waals surface area contributed by atoms with Crippen molar-refractivity contribution in [2.45, 2.75) is 26.7 Å². The fourth-order valence-electron chi connectivity index (χ4n) is 3.26. The highest BCUT2D eigenvalue weighted by atomic mass is 79.9. The number of nitrogens with one attached hydrogen (secondary N) is 2. The maximum Gasteiger partial charge on any atom is 0.319 e. The molecule has 0 bridgehead atoms. The van der Waals surface area contributed by atoms with Crippen molar-refractivity contribution < 1.29 is 14.4 Å². The Morgan fingerprint density at radius 1 is 1.11 bits per heavy atom. The first-order chi connectivity index (χ1) is 13.4. The third-order valence-corrected chi connectivity index (χ3v) is 5.25. The van der Waals surface area contributed by atoms with Crippen LogP contribution in [-0.2, 0) is 6.42 Å². The molecule has 7 heteroatoms. The summed E-state index contributed by atoms with van der Waals surface area (Å²) in [5.74, 6) is -0.581. The van der Waals surface area contributed by atoms with Crippen LogP contribution < -0.4 is 10.6 Å². The first-order valence-corrected chi connectivity index (χ1v) is 10.0. The minimum atomic E-state index is -0.296. The van der Waals surface area contributed by atoms with Crippen LogP contribution in [0, 0.1) is 6.92 Å². The van der Waals surface area contributed by atoms with Gasteiger partial charge in [0.1, 0.15) is 0 Å². The van der Waals surface area contributed by atoms with E-state index < -0.39 is 0 Å². The molecule has 0 aliphatic carbocycles. The Morgan fingerprint density at radius 3 is 2.61 bits per heavy atom. The van der Waals surface area contributed by atoms with Crippen LogP contribution in [0.15, 0.2) is 40.9 Å². The van der Waals surface area contributed by atoms with Crippen molar-refractivity contribution in [1.82, 2.24) is 10.2 Å². The molecule has 1 aliphatic heterocycles. The number of rotatable bonds is 6. The number of hydrogen-bond acceptors (Lipinski definition) is 3. The quantitative estimate of drug-likeness (QED) is 0.520. The van der Waals surface area contributed by atoms with E-state index in [4.69, 9.17) is 0 Å². The van der Waals surface area contributed by atoms with Gasteiger partial charge in [0.25, 0.3) is 11.8 Å². The van der Waals surface area contributed by atoms with Crippen molar-refractivity contribution >= 4 is 39.5 Å². The van der Waals surface area contributed by atoms with Crippen molar-refractivity contribution in [1.29, 1.82) is 0 Å². The van der Waals surface area contributed by atoms with Crippen LogP contribution in [0.1, 0.15) is 45.2 Å². The molecule has 0 atom stereocenters. The van der Waals surface area contributed by atoms with Crippen LogP contribution in [0.4, 0.5) is 10.5 Å². The number of benzene rings is 2. The van der Waals surface area contributed by atoms with Gasteiger partial charge in [-0.05, 0) is 49.1 Å². The number of urea groups is 1. The van der Waals surface area contributed by atoms with E-state index in [9.17, 15) is 14.4 Å². The zero-order valence-electron chi connectivity index (χ0n) is 15.8. The average molecular weight is 444 g/mol. The summed E-state index contributed by atoms with van der Waals surface area (Å²) in [5, 5.41) is 5.68. The summed E-state index contributed by atoms with van der Waals surface area (Å²) >= 11 is 3.32. The van der Waals surface area contributed by atoms with Gasteiger partial charge >= 0.3 is 6.03 Å². The Labute approximate surface area is 172 Å². The number of anilines is 1. The summed E-state index contributed by atoms with van der Waals surface area (Å²) in [7, 11) is 0. The van der Waals surface area contributed by atoms with Gasteiger partial charge in [-0.2, -0.15) is 0 Å². The molecule has 2 aromatic carbocycles. The standard InChI is InChI=1S/C21H22BrN3O3/c1-3-14-7-4-6-13(2)18(14)24-21(28)23-10-5-11-25-19(26)16-9-8-15(22)12-17(16)20(25)27/h4,6-9,12H,3,5,10-11H2,1-2H3,(H2,23,24,28). The molecule has 0 spiro atoms.